The Morgan fingerprint density at radius 1 is 1.19 bits per heavy atom. The van der Waals surface area contributed by atoms with Crippen LogP contribution in [0.25, 0.3) is 0 Å². The number of imidazole rings is 1. The van der Waals surface area contributed by atoms with Gasteiger partial charge in [0.25, 0.3) is 0 Å². The zero-order chi connectivity index (χ0) is 20.4. The standard InChI is InChI=1S/C16H25N5O6/c1-2-3-4-10(17)14(24)20-11(5-9-7-18-8-19-9)15(25)21-12(16(26)27)6-13(22)23/h7-8,10-12H,2-6,17H2,1H3,(H,18,19)(H,20,24)(H,21,25)(H,22,23)(H,26,27)/t10-,11-,12-/m0/s1. The van der Waals surface area contributed by atoms with E-state index in [1.807, 2.05) is 6.92 Å². The fourth-order valence-electron chi connectivity index (χ4n) is 2.31. The maximum absolute atomic E-state index is 12.5. The molecular formula is C16H25N5O6. The molecule has 0 aliphatic carbocycles. The van der Waals surface area contributed by atoms with E-state index in [0.29, 0.717) is 12.1 Å². The highest BCUT2D eigenvalue weighted by Gasteiger charge is 2.29. The Balaban J connectivity index is 2.86. The first kappa shape index (κ1) is 22.1. The minimum absolute atomic E-state index is 0.0114. The van der Waals surface area contributed by atoms with Crippen LogP contribution in [-0.2, 0) is 25.6 Å². The van der Waals surface area contributed by atoms with E-state index < -0.39 is 48.3 Å². The number of carbonyl (C=O) groups excluding carboxylic acids is 2. The molecule has 1 aromatic rings. The first-order chi connectivity index (χ1) is 12.7. The predicted octanol–water partition coefficient (Wildman–Crippen LogP) is -1.00. The predicted molar refractivity (Wildman–Crippen MR) is 93.5 cm³/mol. The van der Waals surface area contributed by atoms with Crippen LogP contribution in [0.2, 0.25) is 0 Å². The lowest BCUT2D eigenvalue weighted by atomic mass is 10.1. The second-order valence-corrected chi connectivity index (χ2v) is 6.09. The van der Waals surface area contributed by atoms with Crippen LogP contribution in [0.5, 0.6) is 0 Å². The molecule has 11 heteroatoms. The molecule has 150 valence electrons. The number of nitrogens with two attached hydrogens (primary N) is 1. The van der Waals surface area contributed by atoms with Crippen molar-refractivity contribution < 1.29 is 29.4 Å². The molecule has 0 saturated heterocycles. The first-order valence-corrected chi connectivity index (χ1v) is 8.52. The lowest BCUT2D eigenvalue weighted by Crippen LogP contribution is -2.55. The Kier molecular flexibility index (Phi) is 8.93. The van der Waals surface area contributed by atoms with E-state index in [0.717, 1.165) is 12.8 Å². The number of aliphatic carboxylic acids is 2. The average Bonchev–Trinajstić information content (AvgIpc) is 3.10. The molecule has 11 nitrogen and oxygen atoms in total. The number of hydrogen-bond acceptors (Lipinski definition) is 6. The van der Waals surface area contributed by atoms with Gasteiger partial charge in [0.15, 0.2) is 0 Å². The van der Waals surface area contributed by atoms with Crippen molar-refractivity contribution in [2.45, 2.75) is 57.2 Å². The van der Waals surface area contributed by atoms with Gasteiger partial charge in [-0.2, -0.15) is 0 Å². The van der Waals surface area contributed by atoms with E-state index in [1.54, 1.807) is 0 Å². The Labute approximate surface area is 155 Å². The molecule has 0 spiro atoms. The number of amides is 2. The van der Waals surface area contributed by atoms with Crippen molar-refractivity contribution in [1.82, 2.24) is 20.6 Å². The number of H-pyrrole nitrogens is 1. The van der Waals surface area contributed by atoms with E-state index in [4.69, 9.17) is 15.9 Å². The van der Waals surface area contributed by atoms with E-state index >= 15 is 0 Å². The topological polar surface area (TPSA) is 187 Å². The molecule has 0 aliphatic heterocycles. The monoisotopic (exact) mass is 383 g/mol. The van der Waals surface area contributed by atoms with Crippen LogP contribution < -0.4 is 16.4 Å². The summed E-state index contributed by atoms with van der Waals surface area (Å²) in [6, 6.07) is -3.57. The van der Waals surface area contributed by atoms with Gasteiger partial charge in [-0.15, -0.1) is 0 Å². The van der Waals surface area contributed by atoms with E-state index in [1.165, 1.54) is 12.5 Å². The number of carbonyl (C=O) groups is 4. The van der Waals surface area contributed by atoms with Crippen LogP contribution >= 0.6 is 0 Å². The fraction of sp³-hybridized carbons (Fsp3) is 0.562. The van der Waals surface area contributed by atoms with E-state index in [-0.39, 0.29) is 6.42 Å². The SMILES string of the molecule is CCCC[C@H](N)C(=O)N[C@@H](Cc1cnc[nH]1)C(=O)N[C@@H](CC(=O)O)C(=O)O. The summed E-state index contributed by atoms with van der Waals surface area (Å²) in [6.07, 6.45) is 4.11. The number of aromatic nitrogens is 2. The number of nitrogens with one attached hydrogen (secondary N) is 3. The zero-order valence-corrected chi connectivity index (χ0v) is 15.0. The summed E-state index contributed by atoms with van der Waals surface area (Å²) in [5.74, 6) is -4.24. The number of carboxylic acids is 2. The zero-order valence-electron chi connectivity index (χ0n) is 15.0. The highest BCUT2D eigenvalue weighted by Crippen LogP contribution is 2.04. The molecule has 27 heavy (non-hydrogen) atoms. The quantitative estimate of drug-likeness (QED) is 0.265. The Morgan fingerprint density at radius 2 is 1.85 bits per heavy atom. The van der Waals surface area contributed by atoms with Gasteiger partial charge in [-0.25, -0.2) is 9.78 Å². The molecule has 1 heterocycles. The summed E-state index contributed by atoms with van der Waals surface area (Å²) >= 11 is 0. The van der Waals surface area contributed by atoms with Gasteiger partial charge in [-0.3, -0.25) is 14.4 Å². The molecule has 0 bridgehead atoms. The lowest BCUT2D eigenvalue weighted by molar-refractivity contribution is -0.147. The summed E-state index contributed by atoms with van der Waals surface area (Å²) < 4.78 is 0. The Bertz CT molecular complexity index is 648. The summed E-state index contributed by atoms with van der Waals surface area (Å²) in [5, 5.41) is 22.5. The number of aromatic amines is 1. The van der Waals surface area contributed by atoms with Crippen LogP contribution in [0.1, 0.15) is 38.3 Å². The molecule has 0 unspecified atom stereocenters. The molecule has 0 fully saturated rings. The molecule has 2 amide bonds. The van der Waals surface area contributed by atoms with Crippen LogP contribution in [0, 0.1) is 0 Å². The van der Waals surface area contributed by atoms with Gasteiger partial charge < -0.3 is 31.6 Å². The molecule has 0 radical (unpaired) electrons. The third-order valence-corrected chi connectivity index (χ3v) is 3.81. The van der Waals surface area contributed by atoms with Gasteiger partial charge in [0, 0.05) is 18.3 Å². The summed E-state index contributed by atoms with van der Waals surface area (Å²) in [5.41, 5.74) is 6.34. The largest absolute Gasteiger partial charge is 0.481 e. The molecule has 3 atom stereocenters. The summed E-state index contributed by atoms with van der Waals surface area (Å²) in [4.78, 5) is 53.3. The van der Waals surface area contributed by atoms with Crippen molar-refractivity contribution >= 4 is 23.8 Å². The number of carboxylic acid groups (broad SMARTS) is 2. The van der Waals surface area contributed by atoms with Crippen LogP contribution in [0.15, 0.2) is 12.5 Å². The molecule has 1 aromatic heterocycles. The van der Waals surface area contributed by atoms with Crippen molar-refractivity contribution in [2.24, 2.45) is 5.73 Å². The molecule has 0 saturated carbocycles. The van der Waals surface area contributed by atoms with Gasteiger partial charge in [0.1, 0.15) is 12.1 Å². The van der Waals surface area contributed by atoms with Crippen molar-refractivity contribution in [2.75, 3.05) is 0 Å². The van der Waals surface area contributed by atoms with E-state index in [2.05, 4.69) is 20.6 Å². The van der Waals surface area contributed by atoms with Gasteiger partial charge in [-0.05, 0) is 6.42 Å². The van der Waals surface area contributed by atoms with Gasteiger partial charge in [0.05, 0.1) is 18.8 Å². The molecule has 1 rings (SSSR count). The molecule has 0 aliphatic rings. The highest BCUT2D eigenvalue weighted by atomic mass is 16.4. The van der Waals surface area contributed by atoms with Crippen molar-refractivity contribution in [3.05, 3.63) is 18.2 Å². The fourth-order valence-corrected chi connectivity index (χ4v) is 2.31. The number of rotatable bonds is 12. The lowest BCUT2D eigenvalue weighted by Gasteiger charge is -2.22. The van der Waals surface area contributed by atoms with Crippen molar-refractivity contribution in [3.8, 4) is 0 Å². The number of hydrogen-bond donors (Lipinski definition) is 6. The van der Waals surface area contributed by atoms with E-state index in [9.17, 15) is 19.2 Å². The minimum Gasteiger partial charge on any atom is -0.481 e. The second-order valence-electron chi connectivity index (χ2n) is 6.09. The summed E-state index contributed by atoms with van der Waals surface area (Å²) in [6.45, 7) is 1.95. The molecule has 0 aromatic carbocycles. The van der Waals surface area contributed by atoms with Crippen LogP contribution in [0.3, 0.4) is 0 Å². The van der Waals surface area contributed by atoms with Crippen LogP contribution in [-0.4, -0.2) is 62.1 Å². The number of unbranched alkanes of at least 4 members (excludes halogenated alkanes) is 1. The third-order valence-electron chi connectivity index (χ3n) is 3.81. The van der Waals surface area contributed by atoms with Gasteiger partial charge in [0.2, 0.25) is 11.8 Å². The first-order valence-electron chi connectivity index (χ1n) is 8.52. The second kappa shape index (κ2) is 10.9. The Morgan fingerprint density at radius 3 is 2.37 bits per heavy atom. The smallest absolute Gasteiger partial charge is 0.326 e. The minimum atomic E-state index is -1.62. The maximum Gasteiger partial charge on any atom is 0.326 e. The van der Waals surface area contributed by atoms with Crippen molar-refractivity contribution in [1.29, 1.82) is 0 Å². The molecular weight excluding hydrogens is 358 g/mol. The van der Waals surface area contributed by atoms with Gasteiger partial charge >= 0.3 is 11.9 Å². The Hall–Kier alpha value is -2.95. The van der Waals surface area contributed by atoms with Gasteiger partial charge in [-0.1, -0.05) is 19.8 Å². The molecule has 7 N–H and O–H groups in total. The van der Waals surface area contributed by atoms with Crippen molar-refractivity contribution in [3.63, 3.8) is 0 Å². The number of nitrogens with zero attached hydrogens (tertiary/aromatic N) is 1. The maximum atomic E-state index is 12.5. The average molecular weight is 383 g/mol. The normalized spacial score (nSPS) is 14.0. The summed E-state index contributed by atoms with van der Waals surface area (Å²) in [7, 11) is 0. The highest BCUT2D eigenvalue weighted by molar-refractivity contribution is 5.92. The third kappa shape index (κ3) is 7.86. The van der Waals surface area contributed by atoms with Crippen LogP contribution in [0.4, 0.5) is 0 Å².